The standard InChI is InChI=1S/C25H36N6O4S/c1-5-8-20-22-23(31(4)29-20)25(32)28-24(27-22)19-16-18(10-11-21(19)35-15-6-2)36(33,34)26-13-12-17-9-7-14-30(17)3/h10-11,16-17,26H,5-9,12-15H2,1-4H3,(H,27,28,32)/i1D3,3D3,13D2. The number of aryl methyl sites for hydroxylation is 2. The second-order valence-corrected chi connectivity index (χ2v) is 10.3. The predicted molar refractivity (Wildman–Crippen MR) is 140 cm³/mol. The third kappa shape index (κ3) is 5.47. The van der Waals surface area contributed by atoms with E-state index in [1.165, 1.54) is 34.8 Å². The first kappa shape index (κ1) is 17.7. The van der Waals surface area contributed by atoms with Gasteiger partial charge in [0.2, 0.25) is 10.0 Å². The lowest BCUT2D eigenvalue weighted by atomic mass is 10.1. The van der Waals surface area contributed by atoms with Gasteiger partial charge in [0.1, 0.15) is 17.1 Å². The van der Waals surface area contributed by atoms with E-state index in [4.69, 9.17) is 15.7 Å². The summed E-state index contributed by atoms with van der Waals surface area (Å²) in [4.78, 5) is 21.2. The number of likely N-dealkylation sites (tertiary alicyclic amines) is 1. The molecule has 36 heavy (non-hydrogen) atoms. The maximum absolute atomic E-state index is 13.4. The number of benzene rings is 1. The van der Waals surface area contributed by atoms with Gasteiger partial charge in [-0.2, -0.15) is 5.10 Å². The van der Waals surface area contributed by atoms with E-state index in [1.54, 1.807) is 0 Å². The zero-order chi connectivity index (χ0) is 32.7. The molecule has 0 amide bonds. The Bertz CT molecular complexity index is 1670. The first-order valence-corrected chi connectivity index (χ1v) is 13.3. The Morgan fingerprint density at radius 3 is 3.00 bits per heavy atom. The predicted octanol–water partition coefficient (Wildman–Crippen LogP) is 2.83. The molecule has 11 heteroatoms. The number of aromatic amines is 1. The Morgan fingerprint density at radius 2 is 2.22 bits per heavy atom. The second-order valence-electron chi connectivity index (χ2n) is 8.66. The average Bonchev–Trinajstić information content (AvgIpc) is 3.48. The van der Waals surface area contributed by atoms with E-state index in [2.05, 4.69) is 19.8 Å². The molecule has 1 aliphatic heterocycles. The van der Waals surface area contributed by atoms with Crippen molar-refractivity contribution in [1.29, 1.82) is 0 Å². The lowest BCUT2D eigenvalue weighted by molar-refractivity contribution is 0.297. The van der Waals surface area contributed by atoms with Crippen molar-refractivity contribution in [3.8, 4) is 17.1 Å². The maximum Gasteiger partial charge on any atom is 0.277 e. The van der Waals surface area contributed by atoms with Crippen molar-refractivity contribution < 1.29 is 24.1 Å². The quantitative estimate of drug-likeness (QED) is 0.395. The van der Waals surface area contributed by atoms with Gasteiger partial charge in [-0.15, -0.1) is 0 Å². The molecule has 3 aromatic rings. The first-order valence-electron chi connectivity index (χ1n) is 15.9. The third-order valence-corrected chi connectivity index (χ3v) is 7.31. The maximum atomic E-state index is 13.4. The summed E-state index contributed by atoms with van der Waals surface area (Å²) in [6, 6.07) is 3.14. The molecular weight excluding hydrogens is 480 g/mol. The Hall–Kier alpha value is -2.76. The Balaban J connectivity index is 1.72. The zero-order valence-corrected chi connectivity index (χ0v) is 21.1. The van der Waals surface area contributed by atoms with Crippen LogP contribution in [0.1, 0.15) is 62.5 Å². The molecule has 0 saturated carbocycles. The minimum absolute atomic E-state index is 0.0244. The molecular formula is C25H36N6O4S. The van der Waals surface area contributed by atoms with Crippen LogP contribution in [0.3, 0.4) is 0 Å². The van der Waals surface area contributed by atoms with Crippen LogP contribution in [-0.4, -0.2) is 65.7 Å². The molecule has 1 fully saturated rings. The number of H-pyrrole nitrogens is 1. The van der Waals surface area contributed by atoms with Gasteiger partial charge in [-0.05, 0) is 63.8 Å². The smallest absolute Gasteiger partial charge is 0.277 e. The van der Waals surface area contributed by atoms with Crippen molar-refractivity contribution in [3.63, 3.8) is 0 Å². The number of sulfonamides is 1. The van der Waals surface area contributed by atoms with Gasteiger partial charge < -0.3 is 14.6 Å². The zero-order valence-electron chi connectivity index (χ0n) is 28.3. The van der Waals surface area contributed by atoms with Gasteiger partial charge in [0.15, 0.2) is 5.52 Å². The van der Waals surface area contributed by atoms with Crippen molar-refractivity contribution in [2.45, 2.75) is 63.2 Å². The molecule has 0 spiro atoms. The summed E-state index contributed by atoms with van der Waals surface area (Å²) in [6.45, 7) is -4.72. The average molecular weight is 525 g/mol. The number of fused-ring (bicyclic) bond motifs is 1. The van der Waals surface area contributed by atoms with Crippen LogP contribution in [0.25, 0.3) is 22.4 Å². The fraction of sp³-hybridized carbons (Fsp3) is 0.560. The van der Waals surface area contributed by atoms with E-state index < -0.39 is 41.9 Å². The van der Waals surface area contributed by atoms with Crippen LogP contribution < -0.4 is 15.0 Å². The van der Waals surface area contributed by atoms with E-state index >= 15 is 0 Å². The van der Waals surface area contributed by atoms with Crippen molar-refractivity contribution in [2.75, 3.05) is 26.6 Å². The highest BCUT2D eigenvalue weighted by atomic mass is 32.2. The summed E-state index contributed by atoms with van der Waals surface area (Å²) in [5.41, 5.74) is 0.0891. The summed E-state index contributed by atoms with van der Waals surface area (Å²) in [6.07, 6.45) is 1.05. The van der Waals surface area contributed by atoms with Crippen molar-refractivity contribution >= 4 is 21.1 Å². The highest BCUT2D eigenvalue weighted by molar-refractivity contribution is 7.89. The van der Waals surface area contributed by atoms with E-state index in [9.17, 15) is 13.2 Å². The van der Waals surface area contributed by atoms with Crippen LogP contribution in [0, 0.1) is 0 Å². The number of hydrogen-bond acceptors (Lipinski definition) is 7. The monoisotopic (exact) mass is 524 g/mol. The summed E-state index contributed by atoms with van der Waals surface area (Å²) in [5, 5.41) is 4.29. The Kier molecular flexibility index (Phi) is 5.44. The van der Waals surface area contributed by atoms with Gasteiger partial charge in [0, 0.05) is 30.6 Å². The Labute approximate surface area is 223 Å². The molecule has 0 aliphatic carbocycles. The number of aromatic nitrogens is 4. The molecule has 1 saturated heterocycles. The molecule has 1 aliphatic rings. The van der Waals surface area contributed by atoms with E-state index in [1.807, 2.05) is 6.92 Å². The fourth-order valence-corrected chi connectivity index (χ4v) is 5.13. The number of nitrogens with zero attached hydrogens (tertiary/aromatic N) is 4. The second kappa shape index (κ2) is 11.1. The first-order chi connectivity index (χ1) is 20.3. The molecule has 1 atom stereocenters. The third-order valence-electron chi connectivity index (χ3n) is 6.02. The fourth-order valence-electron chi connectivity index (χ4n) is 4.22. The number of ether oxygens (including phenoxy) is 1. The van der Waals surface area contributed by atoms with Crippen LogP contribution in [0.15, 0.2) is 27.9 Å². The van der Waals surface area contributed by atoms with Crippen LogP contribution in [-0.2, 0) is 23.5 Å². The minimum Gasteiger partial charge on any atom is -0.493 e. The lowest BCUT2D eigenvalue weighted by Gasteiger charge is -2.19. The number of rotatable bonds is 11. The van der Waals surface area contributed by atoms with E-state index in [0.29, 0.717) is 25.0 Å². The molecule has 3 heterocycles. The van der Waals surface area contributed by atoms with Gasteiger partial charge >= 0.3 is 0 Å². The summed E-state index contributed by atoms with van der Waals surface area (Å²) >= 11 is 0. The van der Waals surface area contributed by atoms with Crippen molar-refractivity contribution in [2.24, 2.45) is 7.05 Å². The summed E-state index contributed by atoms with van der Waals surface area (Å²) in [5.74, 6) is 0.166. The van der Waals surface area contributed by atoms with Crippen LogP contribution in [0.2, 0.25) is 0 Å². The molecule has 196 valence electrons. The molecule has 10 nitrogen and oxygen atoms in total. The topological polar surface area (TPSA) is 122 Å². The van der Waals surface area contributed by atoms with Gasteiger partial charge in [-0.25, -0.2) is 18.1 Å². The lowest BCUT2D eigenvalue weighted by Crippen LogP contribution is -2.31. The number of nitrogens with one attached hydrogen (secondary N) is 2. The highest BCUT2D eigenvalue weighted by Gasteiger charge is 2.23. The molecule has 2 N–H and O–H groups in total. The SMILES string of the molecule is [2H]C([2H])([2H])CCc1nn(C)c2c(=O)[nH]c(-c3cc(S(=O)(=O)NC([2H])([2H])CC4CCCN4C([2H])([2H])[2H])ccc3OCCC)nc12. The van der Waals surface area contributed by atoms with Crippen LogP contribution in [0.4, 0.5) is 0 Å². The molecule has 1 unspecified atom stereocenters. The normalized spacial score (nSPS) is 21.1. The van der Waals surface area contributed by atoms with E-state index in [-0.39, 0.29) is 65.5 Å². The number of hydrogen-bond donors (Lipinski definition) is 2. The molecule has 1 aromatic carbocycles. The van der Waals surface area contributed by atoms with Gasteiger partial charge in [-0.1, -0.05) is 20.2 Å². The van der Waals surface area contributed by atoms with Gasteiger partial charge in [0.25, 0.3) is 5.56 Å². The van der Waals surface area contributed by atoms with Crippen molar-refractivity contribution in [3.05, 3.63) is 34.2 Å². The van der Waals surface area contributed by atoms with Crippen molar-refractivity contribution in [1.82, 2.24) is 29.4 Å². The molecule has 4 rings (SSSR count). The van der Waals surface area contributed by atoms with Crippen LogP contribution >= 0.6 is 0 Å². The summed E-state index contributed by atoms with van der Waals surface area (Å²) < 4.78 is 98.6. The van der Waals surface area contributed by atoms with Gasteiger partial charge in [-0.3, -0.25) is 9.48 Å². The van der Waals surface area contributed by atoms with Crippen LogP contribution in [0.5, 0.6) is 5.75 Å². The largest absolute Gasteiger partial charge is 0.493 e. The molecule has 2 aromatic heterocycles. The minimum atomic E-state index is -4.50. The van der Waals surface area contributed by atoms with E-state index in [0.717, 1.165) is 0 Å². The Morgan fingerprint density at radius 1 is 1.36 bits per heavy atom. The summed E-state index contributed by atoms with van der Waals surface area (Å²) in [7, 11) is -2.97. The molecule has 0 bridgehead atoms. The van der Waals surface area contributed by atoms with Gasteiger partial charge in [0.05, 0.1) is 22.8 Å². The molecule has 0 radical (unpaired) electrons. The highest BCUT2D eigenvalue weighted by Crippen LogP contribution is 2.31.